The molecule has 0 radical (unpaired) electrons. The highest BCUT2D eigenvalue weighted by Gasteiger charge is 2.33. The third-order valence-electron chi connectivity index (χ3n) is 15.2. The maximum Gasteiger partial charge on any atom is 0.244 e. The van der Waals surface area contributed by atoms with Crippen LogP contribution in [0.4, 0.5) is 0 Å². The maximum absolute atomic E-state index is 14.4. The summed E-state index contributed by atoms with van der Waals surface area (Å²) in [4.78, 5) is 136. The van der Waals surface area contributed by atoms with Crippen LogP contribution in [0.25, 0.3) is 0 Å². The molecule has 32 heteroatoms. The first-order valence-corrected chi connectivity index (χ1v) is 36.1. The third-order valence-corrected chi connectivity index (χ3v) is 17.6. The standard InChI is InChI=1S/C61H122N18O12S2/c1-3-5-7-9-17-33-73-57(87)49(39-81)77-61(91)51(79-59(89)47(75-55(85)45(69)23-11-15-29-63)27-13-19-35-71-53(83)43(67)25-21-31-65)41-93-37-36-92-40-50(60(90)76-48(38-80)56(86)72-32-16-8-6-4-2)78-58(88)46(74-54(84)44(68)22-10-14-28-62)26-12-18-34-70-52(82)42(66)24-20-30-64/h42-51,80-81H,3-41,62-69H2,1-2H3,(H,70,82)(H,71,83)(H,72,86)(H,73,87)(H,74,84)(H,75,85)(H,76,90)(H,77,91)(H,78,88)(H,79,89). The topological polar surface area (TPSA) is 540 Å². The Labute approximate surface area is 560 Å². The van der Waals surface area contributed by atoms with Crippen molar-refractivity contribution in [3.63, 3.8) is 0 Å². The van der Waals surface area contributed by atoms with Gasteiger partial charge in [0.1, 0.15) is 36.3 Å². The molecule has 0 saturated carbocycles. The lowest BCUT2D eigenvalue weighted by Gasteiger charge is -2.26. The molecule has 0 aliphatic heterocycles. The Balaban J connectivity index is 6.91. The van der Waals surface area contributed by atoms with Gasteiger partial charge in [-0.2, -0.15) is 23.5 Å². The van der Waals surface area contributed by atoms with Gasteiger partial charge in [-0.05, 0) is 129 Å². The second-order valence-corrected chi connectivity index (χ2v) is 25.7. The van der Waals surface area contributed by atoms with Crippen LogP contribution in [0.1, 0.15) is 174 Å². The van der Waals surface area contributed by atoms with Gasteiger partial charge in [0.15, 0.2) is 0 Å². The summed E-state index contributed by atoms with van der Waals surface area (Å²) < 4.78 is 0. The molecule has 0 spiro atoms. The Morgan fingerprint density at radius 2 is 0.570 bits per heavy atom. The molecule has 0 bridgehead atoms. The van der Waals surface area contributed by atoms with E-state index in [4.69, 9.17) is 45.9 Å². The highest BCUT2D eigenvalue weighted by Crippen LogP contribution is 2.14. The number of carbonyl (C=O) groups excluding carboxylic acids is 10. The van der Waals surface area contributed by atoms with E-state index in [1.807, 2.05) is 6.92 Å². The zero-order valence-electron chi connectivity index (χ0n) is 55.8. The number of unbranched alkanes of at least 4 members (excludes halogenated alkanes) is 11. The molecule has 0 aromatic rings. The fourth-order valence-electron chi connectivity index (χ4n) is 9.26. The Bertz CT molecular complexity index is 2100. The van der Waals surface area contributed by atoms with Gasteiger partial charge in [-0.15, -0.1) is 0 Å². The SMILES string of the molecule is CCCCCCCNC(=O)C(CO)NC(=O)C(CSCCSCC(NC(=O)C(CCCCNC(=O)C(N)CCCN)NC(=O)C(N)CCCCN)C(=O)NC(CO)C(=O)NCCCCCC)NC(=O)C(CCCCNC(=O)C(N)CCCN)NC(=O)C(N)CCCCN. The van der Waals surface area contributed by atoms with E-state index in [0.29, 0.717) is 129 Å². The van der Waals surface area contributed by atoms with Gasteiger partial charge in [0.05, 0.1) is 37.4 Å². The van der Waals surface area contributed by atoms with Gasteiger partial charge in [-0.3, -0.25) is 47.9 Å². The molecule has 0 saturated heterocycles. The molecular weight excluding hydrogens is 1240 g/mol. The van der Waals surface area contributed by atoms with Crippen LogP contribution < -0.4 is 99.0 Å². The number of nitrogens with two attached hydrogens (primary N) is 8. The first-order valence-electron chi connectivity index (χ1n) is 33.8. The Morgan fingerprint density at radius 3 is 0.914 bits per heavy atom. The highest BCUT2D eigenvalue weighted by atomic mass is 32.2. The predicted molar refractivity (Wildman–Crippen MR) is 367 cm³/mol. The monoisotopic (exact) mass is 1360 g/mol. The van der Waals surface area contributed by atoms with E-state index in [1.165, 1.54) is 23.5 Å². The summed E-state index contributed by atoms with van der Waals surface area (Å²) in [5.74, 6) is -6.00. The summed E-state index contributed by atoms with van der Waals surface area (Å²) in [6, 6.07) is -11.4. The number of amides is 10. The highest BCUT2D eigenvalue weighted by molar-refractivity contribution is 8.03. The molecule has 0 rings (SSSR count). The van der Waals surface area contributed by atoms with Crippen LogP contribution in [0.2, 0.25) is 0 Å². The molecule has 93 heavy (non-hydrogen) atoms. The lowest BCUT2D eigenvalue weighted by atomic mass is 10.1. The van der Waals surface area contributed by atoms with Crippen LogP contribution in [0, 0.1) is 0 Å². The van der Waals surface area contributed by atoms with Crippen LogP contribution in [0.15, 0.2) is 0 Å². The number of rotatable bonds is 60. The molecule has 0 fully saturated rings. The van der Waals surface area contributed by atoms with E-state index in [1.54, 1.807) is 0 Å². The molecule has 540 valence electrons. The summed E-state index contributed by atoms with van der Waals surface area (Å²) in [6.45, 7) is 5.21. The summed E-state index contributed by atoms with van der Waals surface area (Å²) in [5, 5.41) is 47.7. The number of thioether (sulfide) groups is 2. The van der Waals surface area contributed by atoms with E-state index in [2.05, 4.69) is 60.1 Å². The third kappa shape index (κ3) is 42.9. The molecule has 10 amide bonds. The molecule has 28 N–H and O–H groups in total. The van der Waals surface area contributed by atoms with Gasteiger partial charge in [-0.25, -0.2) is 0 Å². The minimum absolute atomic E-state index is 0.0650. The molecule has 0 aromatic carbocycles. The molecule has 0 aliphatic rings. The number of aliphatic hydroxyl groups is 2. The van der Waals surface area contributed by atoms with Crippen molar-refractivity contribution in [2.24, 2.45) is 45.9 Å². The smallest absolute Gasteiger partial charge is 0.244 e. The van der Waals surface area contributed by atoms with Gasteiger partial charge in [-0.1, -0.05) is 71.6 Å². The van der Waals surface area contributed by atoms with Gasteiger partial charge < -0.3 is 109 Å². The number of aliphatic hydroxyl groups excluding tert-OH is 2. The fraction of sp³-hybridized carbons (Fsp3) is 0.836. The average molecular weight is 1360 g/mol. The van der Waals surface area contributed by atoms with Crippen LogP contribution in [0.5, 0.6) is 0 Å². The van der Waals surface area contributed by atoms with Crippen molar-refractivity contribution in [1.82, 2.24) is 53.2 Å². The van der Waals surface area contributed by atoms with Gasteiger partial charge in [0, 0.05) is 49.2 Å². The lowest BCUT2D eigenvalue weighted by Crippen LogP contribution is -2.59. The van der Waals surface area contributed by atoms with E-state index >= 15 is 0 Å². The normalized spacial score (nSPS) is 14.5. The Morgan fingerprint density at radius 1 is 0.301 bits per heavy atom. The van der Waals surface area contributed by atoms with E-state index < -0.39 is 121 Å². The second-order valence-electron chi connectivity index (χ2n) is 23.4. The maximum atomic E-state index is 14.4. The van der Waals surface area contributed by atoms with Crippen molar-refractivity contribution in [3.05, 3.63) is 0 Å². The quantitative estimate of drug-likeness (QED) is 0.0266. The average Bonchev–Trinajstić information content (AvgIpc) is 3.76. The van der Waals surface area contributed by atoms with Crippen LogP contribution >= 0.6 is 23.5 Å². The molecule has 30 nitrogen and oxygen atoms in total. The molecule has 10 unspecified atom stereocenters. The van der Waals surface area contributed by atoms with Gasteiger partial charge in [0.2, 0.25) is 59.1 Å². The molecule has 0 aliphatic carbocycles. The van der Waals surface area contributed by atoms with Crippen molar-refractivity contribution in [2.75, 3.05) is 88.6 Å². The minimum Gasteiger partial charge on any atom is -0.394 e. The number of hydrogen-bond acceptors (Lipinski definition) is 22. The summed E-state index contributed by atoms with van der Waals surface area (Å²) in [5.41, 5.74) is 46.9. The van der Waals surface area contributed by atoms with Crippen LogP contribution in [0.3, 0.4) is 0 Å². The van der Waals surface area contributed by atoms with Crippen molar-refractivity contribution < 1.29 is 58.2 Å². The summed E-state index contributed by atoms with van der Waals surface area (Å²) in [6.07, 6.45) is 14.5. The van der Waals surface area contributed by atoms with E-state index in [0.717, 1.165) is 44.9 Å². The zero-order chi connectivity index (χ0) is 69.6. The van der Waals surface area contributed by atoms with Crippen LogP contribution in [-0.2, 0) is 47.9 Å². The van der Waals surface area contributed by atoms with Gasteiger partial charge >= 0.3 is 0 Å². The molecule has 0 heterocycles. The fourth-order valence-corrected chi connectivity index (χ4v) is 11.5. The molecule has 0 aromatic heterocycles. The Hall–Kier alpha value is -5.00. The van der Waals surface area contributed by atoms with Crippen molar-refractivity contribution in [3.8, 4) is 0 Å². The molecular formula is C61H122N18O12S2. The summed E-state index contributed by atoms with van der Waals surface area (Å²) in [7, 11) is 0. The number of nitrogens with one attached hydrogen (secondary N) is 10. The van der Waals surface area contributed by atoms with Crippen LogP contribution in [-0.4, -0.2) is 218 Å². The second kappa shape index (κ2) is 57.3. The minimum atomic E-state index is -1.39. The number of carbonyl (C=O) groups is 10. The van der Waals surface area contributed by atoms with E-state index in [-0.39, 0.29) is 73.6 Å². The first kappa shape index (κ1) is 88.0. The first-order chi connectivity index (χ1) is 44.7. The number of hydrogen-bond donors (Lipinski definition) is 20. The Kier molecular flexibility index (Phi) is 54.2. The summed E-state index contributed by atoms with van der Waals surface area (Å²) >= 11 is 2.41. The van der Waals surface area contributed by atoms with Crippen molar-refractivity contribution >= 4 is 82.6 Å². The van der Waals surface area contributed by atoms with Gasteiger partial charge in [0.25, 0.3) is 0 Å². The predicted octanol–water partition coefficient (Wildman–Crippen LogP) is -3.25. The lowest BCUT2D eigenvalue weighted by molar-refractivity contribution is -0.134. The zero-order valence-corrected chi connectivity index (χ0v) is 57.4. The largest absolute Gasteiger partial charge is 0.394 e. The molecule has 10 atom stereocenters. The van der Waals surface area contributed by atoms with Crippen molar-refractivity contribution in [1.29, 1.82) is 0 Å². The van der Waals surface area contributed by atoms with E-state index in [9.17, 15) is 58.2 Å². The van der Waals surface area contributed by atoms with Crippen molar-refractivity contribution in [2.45, 2.75) is 235 Å².